The van der Waals surface area contributed by atoms with Crippen molar-refractivity contribution in [1.82, 2.24) is 4.31 Å². The first-order valence-corrected chi connectivity index (χ1v) is 10.5. The number of benzene rings is 2. The molecule has 1 amide bonds. The van der Waals surface area contributed by atoms with Crippen LogP contribution in [0.5, 0.6) is 0 Å². The van der Waals surface area contributed by atoms with Crippen LogP contribution in [0.3, 0.4) is 0 Å². The van der Waals surface area contributed by atoms with Crippen molar-refractivity contribution in [1.29, 1.82) is 0 Å². The summed E-state index contributed by atoms with van der Waals surface area (Å²) in [5, 5.41) is 3.15. The Labute approximate surface area is 163 Å². The second-order valence-electron chi connectivity index (χ2n) is 6.48. The minimum Gasteiger partial charge on any atom is -0.326 e. The van der Waals surface area contributed by atoms with Crippen LogP contribution in [0.4, 0.5) is 10.1 Å². The van der Waals surface area contributed by atoms with Gasteiger partial charge in [-0.05, 0) is 61.4 Å². The second-order valence-corrected chi connectivity index (χ2v) is 8.81. The van der Waals surface area contributed by atoms with Gasteiger partial charge in [-0.1, -0.05) is 18.0 Å². The summed E-state index contributed by atoms with van der Waals surface area (Å²) in [6.45, 7) is 0.374. The van der Waals surface area contributed by atoms with Crippen LogP contribution in [0.2, 0.25) is 5.02 Å². The molecular weight excluding hydrogens is 391 g/mol. The number of halogens is 2. The fourth-order valence-electron chi connectivity index (χ4n) is 3.20. The van der Waals surface area contributed by atoms with Gasteiger partial charge in [0.2, 0.25) is 15.9 Å². The molecule has 0 spiro atoms. The van der Waals surface area contributed by atoms with Crippen LogP contribution in [0.25, 0.3) is 0 Å². The topological polar surface area (TPSA) is 66.5 Å². The summed E-state index contributed by atoms with van der Waals surface area (Å²) < 4.78 is 40.4. The van der Waals surface area contributed by atoms with E-state index >= 15 is 0 Å². The highest BCUT2D eigenvalue weighted by Crippen LogP contribution is 2.28. The van der Waals surface area contributed by atoms with Crippen molar-refractivity contribution in [2.75, 3.05) is 11.9 Å². The van der Waals surface area contributed by atoms with E-state index in [9.17, 15) is 17.6 Å². The van der Waals surface area contributed by atoms with E-state index in [0.717, 1.165) is 12.8 Å². The average Bonchev–Trinajstić information content (AvgIpc) is 2.64. The van der Waals surface area contributed by atoms with Gasteiger partial charge in [0, 0.05) is 29.7 Å². The minimum absolute atomic E-state index is 0.0458. The number of rotatable bonds is 5. The third kappa shape index (κ3) is 4.86. The van der Waals surface area contributed by atoms with E-state index in [4.69, 9.17) is 11.6 Å². The van der Waals surface area contributed by atoms with E-state index in [0.29, 0.717) is 23.7 Å². The molecule has 3 rings (SSSR count). The fraction of sp³-hybridized carbons (Fsp3) is 0.316. The molecule has 1 aliphatic rings. The van der Waals surface area contributed by atoms with Crippen LogP contribution < -0.4 is 5.32 Å². The predicted molar refractivity (Wildman–Crippen MR) is 103 cm³/mol. The molecule has 1 N–H and O–H groups in total. The molecule has 0 unspecified atom stereocenters. The molecule has 2 aromatic carbocycles. The largest absolute Gasteiger partial charge is 0.326 e. The first kappa shape index (κ1) is 19.8. The molecule has 1 fully saturated rings. The lowest BCUT2D eigenvalue weighted by Gasteiger charge is -2.34. The van der Waals surface area contributed by atoms with Gasteiger partial charge in [0.1, 0.15) is 5.82 Å². The third-order valence-corrected chi connectivity index (χ3v) is 6.76. The molecule has 0 aromatic heterocycles. The van der Waals surface area contributed by atoms with Gasteiger partial charge in [-0.15, -0.1) is 0 Å². The summed E-state index contributed by atoms with van der Waals surface area (Å²) in [7, 11) is -3.71. The number of hydrogen-bond donors (Lipinski definition) is 1. The zero-order chi connectivity index (χ0) is 19.4. The van der Waals surface area contributed by atoms with Crippen molar-refractivity contribution in [3.05, 3.63) is 59.4 Å². The van der Waals surface area contributed by atoms with Gasteiger partial charge in [0.15, 0.2) is 0 Å². The Hall–Kier alpha value is -1.96. The van der Waals surface area contributed by atoms with Crippen molar-refractivity contribution in [3.63, 3.8) is 0 Å². The van der Waals surface area contributed by atoms with E-state index in [1.807, 2.05) is 0 Å². The van der Waals surface area contributed by atoms with Crippen molar-refractivity contribution in [3.8, 4) is 0 Å². The number of anilines is 1. The van der Waals surface area contributed by atoms with Gasteiger partial charge in [0.05, 0.1) is 4.90 Å². The smallest absolute Gasteiger partial charge is 0.243 e. The van der Waals surface area contributed by atoms with Crippen molar-refractivity contribution in [2.45, 2.75) is 36.6 Å². The summed E-state index contributed by atoms with van der Waals surface area (Å²) >= 11 is 5.85. The molecular formula is C19H20ClFN2O3S. The Balaban J connectivity index is 1.73. The van der Waals surface area contributed by atoms with Crippen LogP contribution in [-0.4, -0.2) is 31.2 Å². The molecule has 1 heterocycles. The maximum Gasteiger partial charge on any atom is 0.243 e. The van der Waals surface area contributed by atoms with Gasteiger partial charge in [-0.2, -0.15) is 4.31 Å². The molecule has 144 valence electrons. The van der Waals surface area contributed by atoms with Crippen molar-refractivity contribution >= 4 is 33.2 Å². The molecule has 0 radical (unpaired) electrons. The molecule has 1 atom stereocenters. The molecule has 0 saturated carbocycles. The van der Waals surface area contributed by atoms with E-state index in [-0.39, 0.29) is 23.0 Å². The molecule has 8 heteroatoms. The third-order valence-electron chi connectivity index (χ3n) is 4.54. The number of carbonyl (C=O) groups is 1. The Morgan fingerprint density at radius 1 is 1.11 bits per heavy atom. The Morgan fingerprint density at radius 3 is 2.44 bits per heavy atom. The SMILES string of the molecule is O=C(C[C@@H]1CCCCN1S(=O)(=O)c1ccc(Cl)cc1)Nc1ccc(F)cc1. The summed E-state index contributed by atoms with van der Waals surface area (Å²) in [5.41, 5.74) is 0.476. The zero-order valence-corrected chi connectivity index (χ0v) is 16.1. The van der Waals surface area contributed by atoms with E-state index in [2.05, 4.69) is 5.32 Å². The highest BCUT2D eigenvalue weighted by Gasteiger charge is 2.34. The Kier molecular flexibility index (Phi) is 6.14. The van der Waals surface area contributed by atoms with Gasteiger partial charge in [0.25, 0.3) is 0 Å². The number of sulfonamides is 1. The molecule has 5 nitrogen and oxygen atoms in total. The normalized spacial score (nSPS) is 18.2. The lowest BCUT2D eigenvalue weighted by Crippen LogP contribution is -2.45. The van der Waals surface area contributed by atoms with Crippen LogP contribution in [-0.2, 0) is 14.8 Å². The average molecular weight is 411 g/mol. The first-order chi connectivity index (χ1) is 12.9. The quantitative estimate of drug-likeness (QED) is 0.808. The molecule has 2 aromatic rings. The maximum absolute atomic E-state index is 13.0. The first-order valence-electron chi connectivity index (χ1n) is 8.69. The van der Waals surface area contributed by atoms with Crippen LogP contribution >= 0.6 is 11.6 Å². The monoisotopic (exact) mass is 410 g/mol. The van der Waals surface area contributed by atoms with Gasteiger partial charge in [-0.25, -0.2) is 12.8 Å². The van der Waals surface area contributed by atoms with Crippen LogP contribution in [0.1, 0.15) is 25.7 Å². The fourth-order valence-corrected chi connectivity index (χ4v) is 5.01. The minimum atomic E-state index is -3.71. The summed E-state index contributed by atoms with van der Waals surface area (Å²) in [4.78, 5) is 12.5. The lowest BCUT2D eigenvalue weighted by atomic mass is 10.0. The Bertz CT molecular complexity index is 902. The van der Waals surface area contributed by atoms with Crippen LogP contribution in [0.15, 0.2) is 53.4 Å². The molecule has 27 heavy (non-hydrogen) atoms. The summed E-state index contributed by atoms with van der Waals surface area (Å²) in [5.74, 6) is -0.690. The van der Waals surface area contributed by atoms with Gasteiger partial charge < -0.3 is 5.32 Å². The molecule has 0 bridgehead atoms. The molecule has 1 aliphatic heterocycles. The second kappa shape index (κ2) is 8.37. The molecule has 0 aliphatic carbocycles. The van der Waals surface area contributed by atoms with Gasteiger partial charge >= 0.3 is 0 Å². The number of nitrogens with one attached hydrogen (secondary N) is 1. The number of hydrogen-bond acceptors (Lipinski definition) is 3. The highest BCUT2D eigenvalue weighted by molar-refractivity contribution is 7.89. The highest BCUT2D eigenvalue weighted by atomic mass is 35.5. The van der Waals surface area contributed by atoms with Gasteiger partial charge in [-0.3, -0.25) is 4.79 Å². The summed E-state index contributed by atoms with van der Waals surface area (Å²) in [6, 6.07) is 11.1. The number of nitrogens with zero attached hydrogens (tertiary/aromatic N) is 1. The number of carbonyl (C=O) groups excluding carboxylic acids is 1. The van der Waals surface area contributed by atoms with E-state index in [1.54, 1.807) is 0 Å². The zero-order valence-electron chi connectivity index (χ0n) is 14.6. The lowest BCUT2D eigenvalue weighted by molar-refractivity contribution is -0.117. The maximum atomic E-state index is 13.0. The van der Waals surface area contributed by atoms with Crippen LogP contribution in [0, 0.1) is 5.82 Å². The predicted octanol–water partition coefficient (Wildman–Crippen LogP) is 4.05. The van der Waals surface area contributed by atoms with Crippen molar-refractivity contribution in [2.24, 2.45) is 0 Å². The van der Waals surface area contributed by atoms with Crippen molar-refractivity contribution < 1.29 is 17.6 Å². The standard InChI is InChI=1S/C19H20ClFN2O3S/c20-14-4-10-18(11-5-14)27(25,26)23-12-2-1-3-17(23)13-19(24)22-16-8-6-15(21)7-9-16/h4-11,17H,1-3,12-13H2,(H,22,24)/t17-/m0/s1. The van der Waals surface area contributed by atoms with E-state index < -0.39 is 16.1 Å². The molecule has 1 saturated heterocycles. The number of piperidine rings is 1. The Morgan fingerprint density at radius 2 is 1.78 bits per heavy atom. The number of amides is 1. The summed E-state index contributed by atoms with van der Waals surface area (Å²) in [6.07, 6.45) is 2.28. The van der Waals surface area contributed by atoms with E-state index in [1.165, 1.54) is 52.8 Å².